The van der Waals surface area contributed by atoms with Gasteiger partial charge in [-0.3, -0.25) is 0 Å². The molecule has 88 valence electrons. The zero-order chi connectivity index (χ0) is 12.1. The molecular weight excluding hydrogens is 278 g/mol. The summed E-state index contributed by atoms with van der Waals surface area (Å²) in [5, 5.41) is 24.5. The van der Waals surface area contributed by atoms with Gasteiger partial charge in [0.15, 0.2) is 0 Å². The van der Waals surface area contributed by atoms with Gasteiger partial charge >= 0.3 is 59.1 Å². The van der Waals surface area contributed by atoms with E-state index in [2.05, 4.69) is 0 Å². The molecule has 0 atom stereocenters. The molecule has 1 aromatic heterocycles. The van der Waals surface area contributed by atoms with E-state index in [1.54, 1.807) is 5.38 Å². The molecule has 1 aromatic rings. The Bertz CT molecular complexity index is 379. The molecule has 8 heteroatoms. The van der Waals surface area contributed by atoms with Gasteiger partial charge in [-0.1, -0.05) is 0 Å². The summed E-state index contributed by atoms with van der Waals surface area (Å²) >= 11 is 1.46. The predicted octanol–water partition coefficient (Wildman–Crippen LogP) is -7.05. The molecule has 0 bridgehead atoms. The first-order chi connectivity index (χ1) is 7.52. The molecule has 0 fully saturated rings. The van der Waals surface area contributed by atoms with Crippen LogP contribution in [-0.4, -0.2) is 18.5 Å². The number of carbonyl (C=O) groups excluding carboxylic acids is 2. The number of ether oxygens (including phenoxy) is 1. The van der Waals surface area contributed by atoms with Crippen molar-refractivity contribution in [1.82, 2.24) is 0 Å². The Hall–Kier alpha value is 0.440. The van der Waals surface area contributed by atoms with Crippen LogP contribution >= 0.6 is 11.3 Å². The van der Waals surface area contributed by atoms with Crippen molar-refractivity contribution >= 4 is 23.3 Å². The number of hydrogen-bond donors (Lipinski definition) is 0. The molecule has 0 aliphatic heterocycles. The van der Waals surface area contributed by atoms with Gasteiger partial charge in [0.25, 0.3) is 0 Å². The molecule has 0 saturated carbocycles. The van der Waals surface area contributed by atoms with Crippen LogP contribution in [0.5, 0.6) is 5.75 Å². The van der Waals surface area contributed by atoms with E-state index in [0.29, 0.717) is 5.75 Å². The Morgan fingerprint density at radius 1 is 1.28 bits per heavy atom. The molecule has 0 spiro atoms. The maximum Gasteiger partial charge on any atom is 1.00 e. The average molecular weight is 288 g/mol. The number of aryl methyl sites for hydroxylation is 1. The SMILES string of the molecule is Cc1cscc1OCCC(C(=O)[O-])C(=O)[O-].[Na+].[Na+]. The monoisotopic (exact) mass is 288 g/mol. The zero-order valence-electron chi connectivity index (χ0n) is 10.6. The van der Waals surface area contributed by atoms with Crippen molar-refractivity contribution in [1.29, 1.82) is 0 Å². The summed E-state index contributed by atoms with van der Waals surface area (Å²) < 4.78 is 5.24. The fourth-order valence-electron chi connectivity index (χ4n) is 1.12. The molecular formula is C10H10Na2O5S. The van der Waals surface area contributed by atoms with Crippen molar-refractivity contribution in [2.45, 2.75) is 13.3 Å². The number of carbonyl (C=O) groups is 2. The molecule has 0 N–H and O–H groups in total. The van der Waals surface area contributed by atoms with E-state index in [9.17, 15) is 19.8 Å². The largest absolute Gasteiger partial charge is 1.00 e. The summed E-state index contributed by atoms with van der Waals surface area (Å²) in [7, 11) is 0. The average Bonchev–Trinajstić information content (AvgIpc) is 2.57. The van der Waals surface area contributed by atoms with Gasteiger partial charge in [-0.15, -0.1) is 11.3 Å². The normalized spacial score (nSPS) is 9.22. The molecule has 1 rings (SSSR count). The number of carboxylic acids is 2. The third-order valence-corrected chi connectivity index (χ3v) is 2.88. The standard InChI is InChI=1S/C10H12O5S.2Na/c1-6-4-16-5-8(6)15-3-2-7(9(11)12)10(13)14;;/h4-5,7H,2-3H2,1H3,(H,11,12)(H,13,14);;/q;2*+1/p-2. The third kappa shape index (κ3) is 6.56. The number of aliphatic carboxylic acids is 2. The van der Waals surface area contributed by atoms with Crippen LogP contribution in [0.4, 0.5) is 0 Å². The van der Waals surface area contributed by atoms with Gasteiger partial charge in [0, 0.05) is 16.9 Å². The van der Waals surface area contributed by atoms with Gasteiger partial charge in [0.05, 0.1) is 18.5 Å². The van der Waals surface area contributed by atoms with Crippen molar-refractivity contribution in [3.63, 3.8) is 0 Å². The molecule has 0 aliphatic carbocycles. The van der Waals surface area contributed by atoms with E-state index in [-0.39, 0.29) is 72.1 Å². The fraction of sp³-hybridized carbons (Fsp3) is 0.400. The third-order valence-electron chi connectivity index (χ3n) is 2.04. The van der Waals surface area contributed by atoms with Crippen molar-refractivity contribution in [3.05, 3.63) is 16.3 Å². The van der Waals surface area contributed by atoms with Crippen molar-refractivity contribution in [2.75, 3.05) is 6.61 Å². The summed E-state index contributed by atoms with van der Waals surface area (Å²) in [6.45, 7) is 1.85. The smallest absolute Gasteiger partial charge is 0.549 e. The molecule has 1 heterocycles. The van der Waals surface area contributed by atoms with Gasteiger partial charge in [-0.2, -0.15) is 0 Å². The second kappa shape index (κ2) is 10.3. The minimum Gasteiger partial charge on any atom is -0.549 e. The molecule has 5 nitrogen and oxygen atoms in total. The van der Waals surface area contributed by atoms with Crippen molar-refractivity contribution in [2.24, 2.45) is 5.92 Å². The van der Waals surface area contributed by atoms with Crippen LogP contribution in [0.2, 0.25) is 0 Å². The minimum absolute atomic E-state index is 0. The summed E-state index contributed by atoms with van der Waals surface area (Å²) in [5.74, 6) is -4.28. The van der Waals surface area contributed by atoms with Crippen LogP contribution < -0.4 is 74.1 Å². The van der Waals surface area contributed by atoms with Crippen LogP contribution in [0.3, 0.4) is 0 Å². The molecule has 0 radical (unpaired) electrons. The van der Waals surface area contributed by atoms with Gasteiger partial charge in [0.1, 0.15) is 5.75 Å². The number of thiophene rings is 1. The van der Waals surface area contributed by atoms with Gasteiger partial charge in [-0.25, -0.2) is 0 Å². The number of hydrogen-bond acceptors (Lipinski definition) is 6. The van der Waals surface area contributed by atoms with E-state index in [4.69, 9.17) is 4.74 Å². The molecule has 0 unspecified atom stereocenters. The molecule has 0 amide bonds. The van der Waals surface area contributed by atoms with E-state index in [0.717, 1.165) is 5.56 Å². The Balaban J connectivity index is 0. The number of rotatable bonds is 6. The topological polar surface area (TPSA) is 89.5 Å². The molecule has 0 aliphatic rings. The predicted molar refractivity (Wildman–Crippen MR) is 52.7 cm³/mol. The van der Waals surface area contributed by atoms with Crippen LogP contribution in [0, 0.1) is 12.8 Å². The maximum atomic E-state index is 10.4. The Morgan fingerprint density at radius 2 is 1.83 bits per heavy atom. The van der Waals surface area contributed by atoms with Gasteiger partial charge < -0.3 is 24.5 Å². The second-order valence-corrected chi connectivity index (χ2v) is 3.99. The Kier molecular flexibility index (Phi) is 11.8. The fourth-order valence-corrected chi connectivity index (χ4v) is 1.88. The van der Waals surface area contributed by atoms with Crippen LogP contribution in [0.15, 0.2) is 10.8 Å². The van der Waals surface area contributed by atoms with Gasteiger partial charge in [-0.05, 0) is 18.7 Å². The quantitative estimate of drug-likeness (QED) is 0.383. The molecule has 18 heavy (non-hydrogen) atoms. The molecule has 0 aromatic carbocycles. The van der Waals surface area contributed by atoms with Crippen LogP contribution in [0.25, 0.3) is 0 Å². The first-order valence-electron chi connectivity index (χ1n) is 4.59. The maximum absolute atomic E-state index is 10.4. The number of carboxylic acid groups (broad SMARTS) is 2. The van der Waals surface area contributed by atoms with Gasteiger partial charge in [0.2, 0.25) is 0 Å². The van der Waals surface area contributed by atoms with E-state index in [1.165, 1.54) is 11.3 Å². The minimum atomic E-state index is -1.65. The zero-order valence-corrected chi connectivity index (χ0v) is 15.4. The van der Waals surface area contributed by atoms with Crippen molar-refractivity contribution in [3.8, 4) is 5.75 Å². The Morgan fingerprint density at radius 3 is 2.22 bits per heavy atom. The van der Waals surface area contributed by atoms with E-state index >= 15 is 0 Å². The second-order valence-electron chi connectivity index (χ2n) is 3.25. The first-order valence-corrected chi connectivity index (χ1v) is 5.54. The van der Waals surface area contributed by atoms with E-state index in [1.807, 2.05) is 12.3 Å². The van der Waals surface area contributed by atoms with Crippen molar-refractivity contribution < 1.29 is 83.7 Å². The summed E-state index contributed by atoms with van der Waals surface area (Å²) in [5.41, 5.74) is 0.934. The first kappa shape index (κ1) is 20.8. The van der Waals surface area contributed by atoms with Crippen LogP contribution in [-0.2, 0) is 9.59 Å². The Labute approximate surface area is 153 Å². The summed E-state index contributed by atoms with van der Waals surface area (Å²) in [6, 6.07) is 0. The summed E-state index contributed by atoms with van der Waals surface area (Å²) in [6.07, 6.45) is -0.167. The molecule has 0 saturated heterocycles. The van der Waals surface area contributed by atoms with Crippen LogP contribution in [0.1, 0.15) is 12.0 Å². The summed E-state index contributed by atoms with van der Waals surface area (Å²) in [4.78, 5) is 20.8. The van der Waals surface area contributed by atoms with E-state index < -0.39 is 17.9 Å².